The van der Waals surface area contributed by atoms with Gasteiger partial charge in [-0.25, -0.2) is 17.9 Å². The maximum atomic E-state index is 13.1. The Morgan fingerprint density at radius 1 is 1.03 bits per heavy atom. The third kappa shape index (κ3) is 7.61. The molecule has 186 valence electrons. The summed E-state index contributed by atoms with van der Waals surface area (Å²) < 4.78 is 34.2. The van der Waals surface area contributed by atoms with Crippen LogP contribution in [0.1, 0.15) is 35.3 Å². The molecule has 0 amide bonds. The summed E-state index contributed by atoms with van der Waals surface area (Å²) in [4.78, 5) is 17.7. The van der Waals surface area contributed by atoms with E-state index in [1.165, 1.54) is 19.2 Å². The third-order valence-electron chi connectivity index (χ3n) is 5.67. The lowest BCUT2D eigenvalue weighted by atomic mass is 10.0. The first-order chi connectivity index (χ1) is 16.7. The highest BCUT2D eigenvalue weighted by atomic mass is 32.2. The van der Waals surface area contributed by atoms with Gasteiger partial charge in [0.2, 0.25) is 10.0 Å². The maximum absolute atomic E-state index is 13.1. The zero-order valence-electron chi connectivity index (χ0n) is 20.1. The van der Waals surface area contributed by atoms with E-state index >= 15 is 0 Å². The maximum Gasteiger partial charge on any atom is 0.335 e. The number of carbonyl (C=O) groups is 1. The molecule has 1 aromatic heterocycles. The molecule has 0 unspecified atom stereocenters. The van der Waals surface area contributed by atoms with E-state index in [0.717, 1.165) is 11.1 Å². The van der Waals surface area contributed by atoms with Crippen molar-refractivity contribution in [2.24, 2.45) is 5.92 Å². The molecule has 9 heteroatoms. The van der Waals surface area contributed by atoms with E-state index in [2.05, 4.69) is 14.6 Å². The summed E-state index contributed by atoms with van der Waals surface area (Å²) >= 11 is 0. The number of carboxylic acid groups (broad SMARTS) is 1. The Kier molecular flexibility index (Phi) is 8.97. The van der Waals surface area contributed by atoms with Crippen molar-refractivity contribution >= 4 is 16.0 Å². The first-order valence-electron chi connectivity index (χ1n) is 11.3. The fraction of sp³-hybridized carbons (Fsp3) is 0.308. The number of nitrogens with one attached hydrogen (secondary N) is 1. The predicted molar refractivity (Wildman–Crippen MR) is 134 cm³/mol. The number of methoxy groups -OCH3 is 1. The zero-order valence-corrected chi connectivity index (χ0v) is 20.9. The van der Waals surface area contributed by atoms with Crippen LogP contribution in [0.15, 0.2) is 78.0 Å². The van der Waals surface area contributed by atoms with Gasteiger partial charge in [0.25, 0.3) is 0 Å². The molecule has 0 spiro atoms. The van der Waals surface area contributed by atoms with Gasteiger partial charge in [-0.2, -0.15) is 0 Å². The van der Waals surface area contributed by atoms with E-state index in [1.807, 2.05) is 26.0 Å². The first-order valence-corrected chi connectivity index (χ1v) is 12.8. The summed E-state index contributed by atoms with van der Waals surface area (Å²) in [5, 5.41) is 9.17. The van der Waals surface area contributed by atoms with Crippen LogP contribution >= 0.6 is 0 Å². The number of hydrogen-bond acceptors (Lipinski definition) is 6. The highest BCUT2D eigenvalue weighted by molar-refractivity contribution is 7.89. The van der Waals surface area contributed by atoms with Crippen LogP contribution in [0.2, 0.25) is 0 Å². The molecule has 2 aromatic carbocycles. The van der Waals surface area contributed by atoms with Crippen molar-refractivity contribution in [1.29, 1.82) is 0 Å². The number of benzene rings is 2. The van der Waals surface area contributed by atoms with Gasteiger partial charge in [-0.05, 0) is 59.5 Å². The quantitative estimate of drug-likeness (QED) is 0.392. The third-order valence-corrected chi connectivity index (χ3v) is 7.18. The molecule has 1 atom stereocenters. The molecule has 0 bridgehead atoms. The van der Waals surface area contributed by atoms with Crippen molar-refractivity contribution in [2.45, 2.75) is 37.9 Å². The minimum Gasteiger partial charge on any atom is -0.497 e. The number of nitrogens with zero attached hydrogens (tertiary/aromatic N) is 2. The SMILES string of the molecule is COc1ccc(S(=O)(=O)N[C@H](CN(Cc2ccc(C(=O)O)cc2)Cc2cccnc2)C(C)C)cc1. The second kappa shape index (κ2) is 11.9. The van der Waals surface area contributed by atoms with Gasteiger partial charge in [0.15, 0.2) is 0 Å². The summed E-state index contributed by atoms with van der Waals surface area (Å²) in [6.07, 6.45) is 3.49. The number of aromatic carboxylic acids is 1. The minimum atomic E-state index is -3.75. The normalized spacial score (nSPS) is 12.6. The lowest BCUT2D eigenvalue weighted by Gasteiger charge is -2.30. The second-order valence-corrected chi connectivity index (χ2v) is 10.4. The molecule has 0 aliphatic rings. The van der Waals surface area contributed by atoms with Crippen LogP contribution in [-0.2, 0) is 23.1 Å². The van der Waals surface area contributed by atoms with Crippen LogP contribution in [0, 0.1) is 5.92 Å². The van der Waals surface area contributed by atoms with Crippen LogP contribution in [-0.4, -0.2) is 49.1 Å². The summed E-state index contributed by atoms with van der Waals surface area (Å²) in [7, 11) is -2.22. The number of carboxylic acids is 1. The van der Waals surface area contributed by atoms with Gasteiger partial charge in [-0.15, -0.1) is 0 Å². The van der Waals surface area contributed by atoms with Crippen molar-refractivity contribution in [3.05, 3.63) is 89.7 Å². The molecule has 0 aliphatic heterocycles. The van der Waals surface area contributed by atoms with E-state index < -0.39 is 16.0 Å². The number of pyridine rings is 1. The fourth-order valence-electron chi connectivity index (χ4n) is 3.63. The van der Waals surface area contributed by atoms with Crippen molar-refractivity contribution in [3.63, 3.8) is 0 Å². The molecule has 2 N–H and O–H groups in total. The number of aromatic nitrogens is 1. The Labute approximate surface area is 206 Å². The van der Waals surface area contributed by atoms with Crippen LogP contribution in [0.4, 0.5) is 0 Å². The standard InChI is InChI=1S/C26H31N3O5S/c1-19(2)25(28-35(32,33)24-12-10-23(34-3)11-13-24)18-29(17-21-5-4-14-27-15-21)16-20-6-8-22(9-7-20)26(30)31/h4-15,19,25,28H,16-18H2,1-3H3,(H,30,31)/t25-/m1/s1. The first kappa shape index (κ1) is 26.3. The highest BCUT2D eigenvalue weighted by Gasteiger charge is 2.25. The van der Waals surface area contributed by atoms with Crippen LogP contribution in [0.25, 0.3) is 0 Å². The van der Waals surface area contributed by atoms with Crippen LogP contribution in [0.5, 0.6) is 5.75 Å². The molecule has 0 saturated carbocycles. The molecule has 0 saturated heterocycles. The average Bonchev–Trinajstić information content (AvgIpc) is 2.84. The van der Waals surface area contributed by atoms with Crippen molar-refractivity contribution in [3.8, 4) is 5.75 Å². The smallest absolute Gasteiger partial charge is 0.335 e. The molecule has 3 rings (SSSR count). The average molecular weight is 498 g/mol. The summed E-state index contributed by atoms with van der Waals surface area (Å²) in [6.45, 7) is 5.48. The Hall–Kier alpha value is -3.27. The van der Waals surface area contributed by atoms with E-state index in [1.54, 1.807) is 48.8 Å². The number of sulfonamides is 1. The van der Waals surface area contributed by atoms with Gasteiger partial charge < -0.3 is 9.84 Å². The molecular weight excluding hydrogens is 466 g/mol. The molecule has 0 fully saturated rings. The second-order valence-electron chi connectivity index (χ2n) is 8.68. The lowest BCUT2D eigenvalue weighted by molar-refractivity contribution is 0.0697. The number of hydrogen-bond donors (Lipinski definition) is 2. The molecule has 0 aliphatic carbocycles. The predicted octanol–water partition coefficient (Wildman–Crippen LogP) is 3.79. The van der Waals surface area contributed by atoms with Gasteiger partial charge in [0.05, 0.1) is 17.6 Å². The summed E-state index contributed by atoms with van der Waals surface area (Å²) in [6, 6.07) is 16.5. The van der Waals surface area contributed by atoms with Crippen molar-refractivity contribution < 1.29 is 23.1 Å². The topological polar surface area (TPSA) is 109 Å². The number of ether oxygens (including phenoxy) is 1. The molecule has 3 aromatic rings. The van der Waals surface area contributed by atoms with E-state index in [0.29, 0.717) is 25.4 Å². The molecule has 35 heavy (non-hydrogen) atoms. The van der Waals surface area contributed by atoms with Crippen LogP contribution < -0.4 is 9.46 Å². The minimum absolute atomic E-state index is 0.0220. The van der Waals surface area contributed by atoms with Crippen LogP contribution in [0.3, 0.4) is 0 Å². The molecular formula is C26H31N3O5S. The van der Waals surface area contributed by atoms with Crippen molar-refractivity contribution in [1.82, 2.24) is 14.6 Å². The van der Waals surface area contributed by atoms with Crippen molar-refractivity contribution in [2.75, 3.05) is 13.7 Å². The molecule has 1 heterocycles. The van der Waals surface area contributed by atoms with E-state index in [-0.39, 0.29) is 22.4 Å². The van der Waals surface area contributed by atoms with Gasteiger partial charge >= 0.3 is 5.97 Å². The Bertz CT molecular complexity index is 1200. The van der Waals surface area contributed by atoms with Gasteiger partial charge in [0, 0.05) is 38.1 Å². The Balaban J connectivity index is 1.82. The van der Waals surface area contributed by atoms with Gasteiger partial charge in [-0.3, -0.25) is 9.88 Å². The summed E-state index contributed by atoms with van der Waals surface area (Å²) in [5.41, 5.74) is 2.15. The highest BCUT2D eigenvalue weighted by Crippen LogP contribution is 2.19. The molecule has 0 radical (unpaired) electrons. The largest absolute Gasteiger partial charge is 0.497 e. The van der Waals surface area contributed by atoms with Gasteiger partial charge in [0.1, 0.15) is 5.75 Å². The lowest BCUT2D eigenvalue weighted by Crippen LogP contribution is -2.46. The summed E-state index contributed by atoms with van der Waals surface area (Å²) in [5.74, 6) is -0.369. The number of rotatable bonds is 12. The Morgan fingerprint density at radius 2 is 1.69 bits per heavy atom. The molecule has 8 nitrogen and oxygen atoms in total. The zero-order chi connectivity index (χ0) is 25.4. The van der Waals surface area contributed by atoms with E-state index in [4.69, 9.17) is 4.74 Å². The fourth-order valence-corrected chi connectivity index (χ4v) is 5.01. The Morgan fingerprint density at radius 3 is 2.23 bits per heavy atom. The van der Waals surface area contributed by atoms with Gasteiger partial charge in [-0.1, -0.05) is 32.0 Å². The monoisotopic (exact) mass is 497 g/mol. The van der Waals surface area contributed by atoms with E-state index in [9.17, 15) is 18.3 Å².